The number of fused-ring (bicyclic) bond motifs is 5. The number of anilines is 2. The fourth-order valence-corrected chi connectivity index (χ4v) is 6.10. The highest BCUT2D eigenvalue weighted by Gasteiger charge is 2.37. The molecule has 1 aliphatic heterocycles. The van der Waals surface area contributed by atoms with Gasteiger partial charge in [0.2, 0.25) is 0 Å². The lowest BCUT2D eigenvalue weighted by Crippen LogP contribution is -2.33. The molecule has 0 radical (unpaired) electrons. The summed E-state index contributed by atoms with van der Waals surface area (Å²) in [6.45, 7) is 4.70. The lowest BCUT2D eigenvalue weighted by Gasteiger charge is -2.35. The molecule has 35 heavy (non-hydrogen) atoms. The average Bonchev–Trinajstić information content (AvgIpc) is 3.23. The molecule has 0 saturated carbocycles. The van der Waals surface area contributed by atoms with E-state index in [-0.39, 0.29) is 11.5 Å². The molecule has 0 fully saturated rings. The van der Waals surface area contributed by atoms with Gasteiger partial charge in [0.05, 0.1) is 29.1 Å². The fraction of sp³-hybridized carbons (Fsp3) is 0.161. The van der Waals surface area contributed by atoms with Gasteiger partial charge in [-0.25, -0.2) is 0 Å². The number of nitrogens with zero attached hydrogens (tertiary/aromatic N) is 4. The zero-order chi connectivity index (χ0) is 23.6. The third kappa shape index (κ3) is 2.86. The molecular formula is C31H26N4. The molecule has 3 aromatic heterocycles. The van der Waals surface area contributed by atoms with E-state index in [4.69, 9.17) is 0 Å². The number of hydrogen-bond donors (Lipinski definition) is 0. The SMILES string of the molecule is CC1(C)c2ccccc2-n2c3c(c4cccc1c42)CC(N(c1ccncc1)c1cccnc1)C=C3. The zero-order valence-electron chi connectivity index (χ0n) is 19.9. The average molecular weight is 455 g/mol. The second-order valence-corrected chi connectivity index (χ2v) is 9.96. The summed E-state index contributed by atoms with van der Waals surface area (Å²) in [5.41, 5.74) is 10.3. The maximum atomic E-state index is 4.41. The van der Waals surface area contributed by atoms with Gasteiger partial charge in [-0.3, -0.25) is 9.97 Å². The maximum Gasteiger partial charge on any atom is 0.0602 e. The molecule has 4 heterocycles. The number of para-hydroxylation sites is 2. The van der Waals surface area contributed by atoms with E-state index in [1.165, 1.54) is 39.0 Å². The van der Waals surface area contributed by atoms with Gasteiger partial charge in [0, 0.05) is 40.8 Å². The first-order valence-corrected chi connectivity index (χ1v) is 12.2. The summed E-state index contributed by atoms with van der Waals surface area (Å²) in [5.74, 6) is 0. The molecule has 2 aliphatic rings. The highest BCUT2D eigenvalue weighted by Crippen LogP contribution is 2.48. The van der Waals surface area contributed by atoms with Gasteiger partial charge >= 0.3 is 0 Å². The van der Waals surface area contributed by atoms with E-state index in [1.807, 2.05) is 30.9 Å². The molecule has 170 valence electrons. The minimum absolute atomic E-state index is 0.0467. The summed E-state index contributed by atoms with van der Waals surface area (Å²) in [7, 11) is 0. The maximum absolute atomic E-state index is 4.41. The van der Waals surface area contributed by atoms with E-state index in [0.717, 1.165) is 17.8 Å². The van der Waals surface area contributed by atoms with Crippen LogP contribution in [0.25, 0.3) is 22.7 Å². The van der Waals surface area contributed by atoms with E-state index >= 15 is 0 Å². The molecule has 1 atom stereocenters. The second kappa shape index (κ2) is 7.41. The van der Waals surface area contributed by atoms with Crippen LogP contribution in [0.2, 0.25) is 0 Å². The summed E-state index contributed by atoms with van der Waals surface area (Å²) in [6, 6.07) is 24.2. The topological polar surface area (TPSA) is 34.0 Å². The standard InChI is InChI=1S/C31H26N4/c1-31(2)26-9-3-4-11-29(26)35-28-13-12-22(19-25(28)24-8-5-10-27(31)30(24)35)34(21-14-17-32-18-15-21)23-7-6-16-33-20-23/h3-18,20,22H,19H2,1-2H3. The molecule has 0 N–H and O–H groups in total. The highest BCUT2D eigenvalue weighted by molar-refractivity contribution is 5.96. The summed E-state index contributed by atoms with van der Waals surface area (Å²) < 4.78 is 2.49. The molecular weight excluding hydrogens is 428 g/mol. The summed E-state index contributed by atoms with van der Waals surface area (Å²) in [5, 5.41) is 1.36. The van der Waals surface area contributed by atoms with Crippen molar-refractivity contribution in [2.24, 2.45) is 0 Å². The van der Waals surface area contributed by atoms with Crippen LogP contribution in [0.1, 0.15) is 36.2 Å². The van der Waals surface area contributed by atoms with E-state index in [0.29, 0.717) is 0 Å². The molecule has 0 amide bonds. The number of hydrogen-bond acceptors (Lipinski definition) is 3. The van der Waals surface area contributed by atoms with Crippen molar-refractivity contribution in [3.63, 3.8) is 0 Å². The Morgan fingerprint density at radius 2 is 1.66 bits per heavy atom. The van der Waals surface area contributed by atoms with Gasteiger partial charge < -0.3 is 9.47 Å². The van der Waals surface area contributed by atoms with Gasteiger partial charge in [0.15, 0.2) is 0 Å². The molecule has 7 rings (SSSR count). The second-order valence-electron chi connectivity index (χ2n) is 9.96. The van der Waals surface area contributed by atoms with Crippen LogP contribution in [-0.4, -0.2) is 20.6 Å². The molecule has 4 heteroatoms. The van der Waals surface area contributed by atoms with Crippen molar-refractivity contribution < 1.29 is 0 Å². The minimum Gasteiger partial charge on any atom is -0.333 e. The van der Waals surface area contributed by atoms with E-state index in [1.54, 1.807) is 0 Å². The molecule has 1 unspecified atom stereocenters. The normalized spacial score (nSPS) is 17.1. The van der Waals surface area contributed by atoms with Crippen LogP contribution in [-0.2, 0) is 11.8 Å². The van der Waals surface area contributed by atoms with Crippen molar-refractivity contribution >= 4 is 28.4 Å². The number of rotatable bonds is 3. The Morgan fingerprint density at radius 1 is 0.829 bits per heavy atom. The largest absolute Gasteiger partial charge is 0.333 e. The van der Waals surface area contributed by atoms with Gasteiger partial charge in [-0.2, -0.15) is 0 Å². The summed E-state index contributed by atoms with van der Waals surface area (Å²) in [6.07, 6.45) is 13.1. The molecule has 0 bridgehead atoms. The predicted octanol–water partition coefficient (Wildman–Crippen LogP) is 6.84. The van der Waals surface area contributed by atoms with Crippen LogP contribution in [0.4, 0.5) is 11.4 Å². The molecule has 1 aliphatic carbocycles. The summed E-state index contributed by atoms with van der Waals surface area (Å²) in [4.78, 5) is 11.0. The Hall–Kier alpha value is -4.18. The molecule has 0 saturated heterocycles. The lowest BCUT2D eigenvalue weighted by atomic mass is 9.74. The van der Waals surface area contributed by atoms with Crippen molar-refractivity contribution in [2.75, 3.05) is 4.90 Å². The van der Waals surface area contributed by atoms with Gasteiger partial charge in [-0.05, 0) is 59.5 Å². The zero-order valence-corrected chi connectivity index (χ0v) is 19.9. The van der Waals surface area contributed by atoms with E-state index in [9.17, 15) is 0 Å². The first-order chi connectivity index (χ1) is 17.1. The van der Waals surface area contributed by atoms with Crippen molar-refractivity contribution in [3.8, 4) is 5.69 Å². The van der Waals surface area contributed by atoms with Crippen molar-refractivity contribution in [1.82, 2.24) is 14.5 Å². The van der Waals surface area contributed by atoms with Crippen LogP contribution < -0.4 is 4.90 Å². The summed E-state index contributed by atoms with van der Waals surface area (Å²) >= 11 is 0. The quantitative estimate of drug-likeness (QED) is 0.299. The van der Waals surface area contributed by atoms with Crippen LogP contribution in [0.3, 0.4) is 0 Å². The van der Waals surface area contributed by atoms with Gasteiger partial charge in [-0.15, -0.1) is 0 Å². The van der Waals surface area contributed by atoms with Crippen LogP contribution in [0, 0.1) is 0 Å². The van der Waals surface area contributed by atoms with Crippen LogP contribution >= 0.6 is 0 Å². The number of aromatic nitrogens is 3. The fourth-order valence-electron chi connectivity index (χ4n) is 6.10. The number of benzene rings is 2. The Bertz CT molecular complexity index is 1560. The molecule has 5 aromatic rings. The van der Waals surface area contributed by atoms with Crippen molar-refractivity contribution in [2.45, 2.75) is 31.7 Å². The first-order valence-electron chi connectivity index (χ1n) is 12.2. The molecule has 4 nitrogen and oxygen atoms in total. The minimum atomic E-state index is -0.0467. The lowest BCUT2D eigenvalue weighted by molar-refractivity contribution is 0.628. The predicted molar refractivity (Wildman–Crippen MR) is 143 cm³/mol. The van der Waals surface area contributed by atoms with E-state index < -0.39 is 0 Å². The Balaban J connectivity index is 1.44. The Kier molecular flexibility index (Phi) is 4.28. The highest BCUT2D eigenvalue weighted by atomic mass is 15.2. The van der Waals surface area contributed by atoms with Gasteiger partial charge in [-0.1, -0.05) is 56.3 Å². The first kappa shape index (κ1) is 20.2. The van der Waals surface area contributed by atoms with Crippen molar-refractivity contribution in [3.05, 3.63) is 120 Å². The van der Waals surface area contributed by atoms with Crippen LogP contribution in [0.5, 0.6) is 0 Å². The smallest absolute Gasteiger partial charge is 0.0602 e. The third-order valence-electron chi connectivity index (χ3n) is 7.71. The molecule has 2 aromatic carbocycles. The third-order valence-corrected chi connectivity index (χ3v) is 7.71. The molecule has 0 spiro atoms. The Labute approximate surface area is 205 Å². The van der Waals surface area contributed by atoms with Crippen LogP contribution in [0.15, 0.2) is 97.6 Å². The number of pyridine rings is 2. The Morgan fingerprint density at radius 3 is 2.49 bits per heavy atom. The monoisotopic (exact) mass is 454 g/mol. The van der Waals surface area contributed by atoms with Gasteiger partial charge in [0.1, 0.15) is 0 Å². The van der Waals surface area contributed by atoms with E-state index in [2.05, 4.69) is 106 Å². The van der Waals surface area contributed by atoms with Gasteiger partial charge in [0.25, 0.3) is 0 Å². The van der Waals surface area contributed by atoms with Crippen molar-refractivity contribution in [1.29, 1.82) is 0 Å².